The number of aliphatic hydroxyl groups is 1. The van der Waals surface area contributed by atoms with Crippen LogP contribution in [0.2, 0.25) is 15.6 Å². The first-order chi connectivity index (χ1) is 57.8. The van der Waals surface area contributed by atoms with Crippen LogP contribution in [-0.4, -0.2) is 106 Å². The zero-order chi connectivity index (χ0) is 93.2. The summed E-state index contributed by atoms with van der Waals surface area (Å²) in [5.41, 5.74) is 10.3. The average Bonchev–Trinajstić information content (AvgIpc) is 0.818. The maximum absolute atomic E-state index is 13.7. The van der Waals surface area contributed by atoms with Gasteiger partial charge in [-0.3, -0.25) is 16.5 Å². The van der Waals surface area contributed by atoms with Crippen LogP contribution in [0.4, 0.5) is 129 Å². The molecule has 0 spiro atoms. The number of nitrogens with one attached hydrogen (secondary N) is 5. The van der Waals surface area contributed by atoms with Gasteiger partial charge in [0.05, 0.1) is 29.8 Å². The molecule has 10 rings (SSSR count). The SMILES string of the molecule is C.CC.CCI.CCO.Fc1ccc(Nc2nc(Cl)nc(N/N=C/c3ccc(OC(F)(F)F)cc3)n2)cc1C(F)(F)F.Fc1ccc(Nc2nc(NCc3ccc(Cl)nc3)nc(NN=Cc3ccc(OC(F)(F)F)cc3)n2)cc1C(F)(F)F.N/N=C/c1ccc(OC(F)(F)F)cc1.NCc1ccc(Cl)nc1.NN.O=Cc1ccc(OC(F)(F)F)cc1.[CH3-].[I][V][I]. The van der Waals surface area contributed by atoms with E-state index in [1.54, 1.807) is 31.3 Å². The van der Waals surface area contributed by atoms with Gasteiger partial charge in [0.1, 0.15) is 51.2 Å². The second-order valence-electron chi connectivity index (χ2n) is 21.0. The number of halogens is 26. The molecule has 4 heterocycles. The minimum atomic E-state index is -4.93. The zero-order valence-electron chi connectivity index (χ0n) is 63.8. The number of nitrogens with zero attached hydrogens (tertiary/aromatic N) is 11. The Bertz CT molecular complexity index is 4770. The molecule has 0 saturated heterocycles. The molecule has 0 aliphatic heterocycles. The quantitative estimate of drug-likeness (QED) is 0.00390. The predicted molar refractivity (Wildman–Crippen MR) is 458 cm³/mol. The van der Waals surface area contributed by atoms with Gasteiger partial charge in [0.25, 0.3) is 0 Å². The van der Waals surface area contributed by atoms with Gasteiger partial charge < -0.3 is 59.0 Å². The Hall–Kier alpha value is -9.60. The van der Waals surface area contributed by atoms with Gasteiger partial charge in [-0.2, -0.15) is 71.6 Å². The third-order valence-corrected chi connectivity index (χ3v) is 12.7. The number of aldehydes is 1. The van der Waals surface area contributed by atoms with Crippen LogP contribution in [0.5, 0.6) is 23.0 Å². The normalized spacial score (nSPS) is 10.8. The molecule has 0 amide bonds. The van der Waals surface area contributed by atoms with Crippen LogP contribution in [0, 0.1) is 19.1 Å². The number of carbonyl (C=O) groups excluding carboxylic acids is 1. The van der Waals surface area contributed by atoms with E-state index < -0.39 is 72.1 Å². The number of carbonyl (C=O) groups is 1. The number of ether oxygens (including phenoxy) is 4. The number of aliphatic hydroxyl groups excluding tert-OH is 1. The number of hydrogen-bond donors (Lipinski definition) is 10. The van der Waals surface area contributed by atoms with Crippen LogP contribution in [0.25, 0.3) is 0 Å². The van der Waals surface area contributed by atoms with E-state index in [0.29, 0.717) is 79.5 Å². The van der Waals surface area contributed by atoms with E-state index in [1.807, 2.05) is 19.9 Å². The Morgan fingerprint density at radius 2 is 0.776 bits per heavy atom. The fourth-order valence-electron chi connectivity index (χ4n) is 7.56. The molecule has 685 valence electrons. The Morgan fingerprint density at radius 3 is 1.08 bits per heavy atom. The Labute approximate surface area is 758 Å². The Kier molecular flexibility index (Phi) is 57.2. The second kappa shape index (κ2) is 60.9. The third kappa shape index (κ3) is 53.5. The summed E-state index contributed by atoms with van der Waals surface area (Å²) in [5.74, 6) is 7.64. The van der Waals surface area contributed by atoms with Gasteiger partial charge in [-0.25, -0.2) is 29.6 Å². The van der Waals surface area contributed by atoms with Crippen LogP contribution < -0.4 is 69.0 Å². The van der Waals surface area contributed by atoms with E-state index in [2.05, 4.69) is 182 Å². The standard InChI is InChI=1S/C24H16ClF7N8O.C18H10ClF7N6O.C8H7F3N2O.C8H5F3O2.C6H7ClN2.C2H5I.C2H6O.C2H6.CH4.CH3.2HI.H4N2.V/c25-19-8-3-14(10-33-19)11-34-20-37-21(36-15-4-7-18(26)17(9-15)23(27,28)29)39-22(38-20)40-35-12-13-1-5-16(6-2-13)41-24(30,31)32;19-14-29-15(28-10-3-6-13(20)12(7-10)17(21,22)23)31-16(30-14)32-27-8-9-1-4-11(5-2-9)33-18(24,25)26;9-8(10,11)14-7-3-1-6(2-4-7)5-13-12;9-8(10,11)13-7-3-1-6(5-12)2-4-7;7-6-2-1-5(3-8)4-9-6;2*1-2-3;1-2;;;;;1-2;/h1-10,12H,11H2,(H3,34,36,37,38,39,40);1-8H,(H2,28,29,30,31,32);1-5H,12H2;1-5H;1-2,4H,3,8H2;2H2,1H3;3H,2H2,1H3;1-2H3;1H4;1H3;2*1H;1-2H2;/q;;;;;;;;;-1;;;;+2/p-2/b;27-8+;13-5+;;;;;;;;;;;. The number of alkyl halides is 19. The maximum atomic E-state index is 13.7. The van der Waals surface area contributed by atoms with E-state index in [4.69, 9.17) is 51.5 Å². The summed E-state index contributed by atoms with van der Waals surface area (Å²) in [6, 6.07) is 30.7. The van der Waals surface area contributed by atoms with E-state index in [0.717, 1.165) is 54.1 Å². The van der Waals surface area contributed by atoms with Crippen LogP contribution in [0.1, 0.15) is 84.4 Å². The molecule has 14 N–H and O–H groups in total. The number of hydrazine groups is 1. The van der Waals surface area contributed by atoms with E-state index in [9.17, 15) is 92.6 Å². The van der Waals surface area contributed by atoms with Crippen LogP contribution in [0.3, 0.4) is 0 Å². The number of aromatic nitrogens is 8. The molecule has 0 fully saturated rings. The molecule has 6 aromatic carbocycles. The molecule has 125 heavy (non-hydrogen) atoms. The van der Waals surface area contributed by atoms with Crippen LogP contribution in [-0.2, 0) is 34.9 Å². The van der Waals surface area contributed by atoms with Gasteiger partial charge in [-0.15, -0.1) is 52.7 Å². The Morgan fingerprint density at radius 1 is 0.480 bits per heavy atom. The summed E-state index contributed by atoms with van der Waals surface area (Å²) in [6.07, 6.45) is -21.4. The van der Waals surface area contributed by atoms with Gasteiger partial charge in [0.15, 0.2) is 0 Å². The summed E-state index contributed by atoms with van der Waals surface area (Å²) in [4.78, 5) is 41.5. The van der Waals surface area contributed by atoms with Gasteiger partial charge >= 0.3 is 87.2 Å². The van der Waals surface area contributed by atoms with Crippen molar-refractivity contribution in [3.05, 3.63) is 249 Å². The van der Waals surface area contributed by atoms with Gasteiger partial charge in [0, 0.05) is 49.0 Å². The number of anilines is 7. The van der Waals surface area contributed by atoms with E-state index in [-0.39, 0.29) is 91.1 Å². The molecule has 0 atom stereocenters. The number of nitrogens with two attached hydrogens (primary N) is 4. The molecule has 10 aromatic rings. The van der Waals surface area contributed by atoms with Crippen molar-refractivity contribution >= 4 is 163 Å². The second-order valence-corrected chi connectivity index (χ2v) is 35.4. The van der Waals surface area contributed by atoms with Crippen LogP contribution >= 0.6 is 97.4 Å². The molecular formula is C72H73Cl3F20I3N20O6V-. The molecular weight excluding hydrogens is 2160 g/mol. The number of hydrogen-bond acceptors (Lipinski definition) is 26. The zero-order valence-corrected chi connectivity index (χ0v) is 73.9. The molecule has 0 unspecified atom stereocenters. The van der Waals surface area contributed by atoms with E-state index in [1.165, 1.54) is 89.9 Å². The summed E-state index contributed by atoms with van der Waals surface area (Å²) >= 11 is 24.1. The fourth-order valence-corrected chi connectivity index (χ4v) is 7.95. The van der Waals surface area contributed by atoms with Crippen molar-refractivity contribution in [2.45, 2.75) is 86.0 Å². The van der Waals surface area contributed by atoms with Crippen molar-refractivity contribution in [1.29, 1.82) is 0 Å². The third-order valence-electron chi connectivity index (χ3n) is 12.1. The van der Waals surface area contributed by atoms with Crippen LogP contribution in [0.15, 0.2) is 185 Å². The van der Waals surface area contributed by atoms with E-state index >= 15 is 0 Å². The van der Waals surface area contributed by atoms with Gasteiger partial charge in [0.2, 0.25) is 35.0 Å². The molecule has 4 aromatic heterocycles. The molecule has 0 bridgehead atoms. The first-order valence-electron chi connectivity index (χ1n) is 33.0. The van der Waals surface area contributed by atoms with Crippen molar-refractivity contribution in [2.75, 3.05) is 37.8 Å². The fraction of sp³-hybridized carbons (Fsp3) is 0.208. The number of hydrazone groups is 3. The topological polar surface area (TPSA) is 379 Å². The number of pyridine rings is 2. The number of benzene rings is 6. The van der Waals surface area contributed by atoms with Crippen molar-refractivity contribution < 1.29 is 126 Å². The van der Waals surface area contributed by atoms with Crippen molar-refractivity contribution in [3.8, 4) is 23.0 Å². The molecule has 26 nitrogen and oxygen atoms in total. The average molecular weight is 2230 g/mol. The van der Waals surface area contributed by atoms with Gasteiger partial charge in [-0.05, 0) is 196 Å². The summed E-state index contributed by atoms with van der Waals surface area (Å²) < 4.78 is 265. The monoisotopic (exact) mass is 2230 g/mol. The molecule has 0 saturated carbocycles. The summed E-state index contributed by atoms with van der Waals surface area (Å²) in [6.45, 7) is 8.74. The minimum absolute atomic E-state index is 0. The molecule has 0 radical (unpaired) electrons. The van der Waals surface area contributed by atoms with Crippen molar-refractivity contribution in [2.24, 2.45) is 38.6 Å². The molecule has 0 aliphatic rings. The summed E-state index contributed by atoms with van der Waals surface area (Å²) in [5, 5.41) is 26.9. The molecule has 53 heteroatoms. The summed E-state index contributed by atoms with van der Waals surface area (Å²) in [7, 11) is 0.628. The molecule has 0 aliphatic carbocycles. The predicted octanol–water partition coefficient (Wildman–Crippen LogP) is 22.2. The Balaban J connectivity index is 0. The first kappa shape index (κ1) is 117. The number of rotatable bonds is 20. The van der Waals surface area contributed by atoms with Crippen molar-refractivity contribution in [1.82, 2.24) is 39.9 Å². The van der Waals surface area contributed by atoms with Gasteiger partial charge in [-0.1, -0.05) is 86.1 Å². The first-order valence-corrected chi connectivity index (χ1v) is 44.7. The van der Waals surface area contributed by atoms with Crippen molar-refractivity contribution in [3.63, 3.8) is 0 Å².